The Kier molecular flexibility index (Phi) is 9.58. The Morgan fingerprint density at radius 1 is 0.750 bits per heavy atom. The van der Waals surface area contributed by atoms with Crippen LogP contribution in [0.25, 0.3) is 0 Å². The van der Waals surface area contributed by atoms with E-state index in [0.29, 0.717) is 0 Å². The van der Waals surface area contributed by atoms with Crippen molar-refractivity contribution in [3.8, 4) is 0 Å². The van der Waals surface area contributed by atoms with E-state index in [4.69, 9.17) is 17.2 Å². The normalized spacial score (nSPS) is 10.3. The molecule has 0 heterocycles. The number of carbonyl (C=O) groups excluding carboxylic acids is 3. The molecule has 0 aliphatic rings. The molecule has 0 aliphatic carbocycles. The standard InChI is InChI=1S/3C2H5NOS.Bi/c3*3-2(4)1-5;/h3*5H,1H2,(H2,3,4);/q;;;+3/p-3. The van der Waals surface area contributed by atoms with Gasteiger partial charge in [0.05, 0.1) is 0 Å². The molecule has 0 spiro atoms. The molecule has 0 unspecified atom stereocenters. The fourth-order valence-corrected chi connectivity index (χ4v) is 26.3. The van der Waals surface area contributed by atoms with E-state index in [0.717, 1.165) is 0 Å². The fourth-order valence-electron chi connectivity index (χ4n) is 0.461. The van der Waals surface area contributed by atoms with Crippen LogP contribution in [0.5, 0.6) is 0 Å². The monoisotopic (exact) mass is 479 g/mol. The van der Waals surface area contributed by atoms with Crippen molar-refractivity contribution in [2.24, 2.45) is 17.2 Å². The van der Waals surface area contributed by atoms with E-state index >= 15 is 0 Å². The Hall–Kier alpha value is 0.343. The number of rotatable bonds is 9. The molecule has 0 saturated carbocycles. The van der Waals surface area contributed by atoms with Crippen LogP contribution in [0.3, 0.4) is 0 Å². The summed E-state index contributed by atoms with van der Waals surface area (Å²) in [5.74, 6) is -0.543. The summed E-state index contributed by atoms with van der Waals surface area (Å²) >= 11 is -2.21. The van der Waals surface area contributed by atoms with Gasteiger partial charge in [-0.2, -0.15) is 0 Å². The Morgan fingerprint density at radius 2 is 1.00 bits per heavy atom. The van der Waals surface area contributed by atoms with Crippen molar-refractivity contribution in [2.75, 3.05) is 17.3 Å². The van der Waals surface area contributed by atoms with Crippen LogP contribution in [-0.4, -0.2) is 52.3 Å². The molecule has 0 aromatic rings. The number of nitrogens with two attached hydrogens (primary N) is 3. The molecule has 0 aromatic carbocycles. The van der Waals surface area contributed by atoms with Gasteiger partial charge in [-0.25, -0.2) is 0 Å². The molecule has 0 aromatic heterocycles. The van der Waals surface area contributed by atoms with Gasteiger partial charge in [-0.3, -0.25) is 0 Å². The summed E-state index contributed by atoms with van der Waals surface area (Å²) in [7, 11) is 4.36. The van der Waals surface area contributed by atoms with Crippen LogP contribution in [0.15, 0.2) is 0 Å². The first-order valence-corrected chi connectivity index (χ1v) is 19.6. The van der Waals surface area contributed by atoms with Crippen LogP contribution in [0, 0.1) is 0 Å². The van der Waals surface area contributed by atoms with Gasteiger partial charge in [0.2, 0.25) is 0 Å². The second-order valence-corrected chi connectivity index (χ2v) is 30.6. The molecule has 0 bridgehead atoms. The van der Waals surface area contributed by atoms with E-state index in [2.05, 4.69) is 0 Å². The Bertz CT molecular complexity index is 236. The molecular weight excluding hydrogens is 467 g/mol. The molecule has 3 amide bonds. The van der Waals surface area contributed by atoms with Crippen molar-refractivity contribution in [1.82, 2.24) is 0 Å². The number of hydrogen-bond donors (Lipinski definition) is 3. The van der Waals surface area contributed by atoms with Gasteiger partial charge < -0.3 is 0 Å². The summed E-state index contributed by atoms with van der Waals surface area (Å²) < 4.78 is 0. The molecule has 92 valence electrons. The quantitative estimate of drug-likeness (QED) is 0.350. The summed E-state index contributed by atoms with van der Waals surface area (Å²) in [4.78, 5) is 31.8. The number of hydrogen-bond acceptors (Lipinski definition) is 6. The van der Waals surface area contributed by atoms with Crippen LogP contribution in [0.4, 0.5) is 0 Å². The van der Waals surface area contributed by atoms with Crippen molar-refractivity contribution in [2.45, 2.75) is 0 Å². The second-order valence-electron chi connectivity index (χ2n) is 2.44. The molecule has 0 fully saturated rings. The third kappa shape index (κ3) is 10.8. The maximum absolute atomic E-state index is 10.6. The first-order valence-electron chi connectivity index (χ1n) is 3.95. The van der Waals surface area contributed by atoms with Gasteiger partial charge in [-0.1, -0.05) is 0 Å². The molecule has 6 N–H and O–H groups in total. The van der Waals surface area contributed by atoms with Crippen LogP contribution in [0.2, 0.25) is 0 Å². The zero-order valence-electron chi connectivity index (χ0n) is 8.25. The molecule has 10 heteroatoms. The van der Waals surface area contributed by atoms with Gasteiger partial charge in [0, 0.05) is 0 Å². The number of amides is 3. The summed E-state index contributed by atoms with van der Waals surface area (Å²) in [5.41, 5.74) is 15.1. The van der Waals surface area contributed by atoms with E-state index in [-0.39, 0.29) is 17.3 Å². The van der Waals surface area contributed by atoms with Gasteiger partial charge >= 0.3 is 109 Å². The fraction of sp³-hybridized carbons (Fsp3) is 0.500. The van der Waals surface area contributed by atoms with E-state index < -0.39 is 35.1 Å². The molecule has 0 radical (unpaired) electrons. The third-order valence-electron chi connectivity index (χ3n) is 0.937. The van der Waals surface area contributed by atoms with E-state index in [1.54, 1.807) is 0 Å². The molecule has 16 heavy (non-hydrogen) atoms. The first-order chi connectivity index (χ1) is 7.41. The zero-order valence-corrected chi connectivity index (χ0v) is 14.2. The van der Waals surface area contributed by atoms with Crippen LogP contribution >= 0.6 is 25.6 Å². The van der Waals surface area contributed by atoms with Crippen molar-refractivity contribution < 1.29 is 14.4 Å². The van der Waals surface area contributed by atoms with Gasteiger partial charge in [0.25, 0.3) is 0 Å². The van der Waals surface area contributed by atoms with Gasteiger partial charge in [-0.15, -0.1) is 0 Å². The molecule has 0 aliphatic heterocycles. The molecule has 0 atom stereocenters. The first kappa shape index (κ1) is 16.3. The minimum absolute atomic E-state index is 0.218. The van der Waals surface area contributed by atoms with Crippen LogP contribution in [-0.2, 0) is 14.4 Å². The van der Waals surface area contributed by atoms with Crippen molar-refractivity contribution in [3.05, 3.63) is 0 Å². The second kappa shape index (κ2) is 9.38. The van der Waals surface area contributed by atoms with Crippen molar-refractivity contribution in [1.29, 1.82) is 0 Å². The van der Waals surface area contributed by atoms with Gasteiger partial charge in [-0.05, 0) is 0 Å². The Balaban J connectivity index is 3.98. The average Bonchev–Trinajstić information content (AvgIpc) is 2.15. The molecule has 0 saturated heterocycles. The van der Waals surface area contributed by atoms with Crippen molar-refractivity contribution >= 4 is 60.6 Å². The number of primary amides is 3. The average molecular weight is 479 g/mol. The Labute approximate surface area is 109 Å². The maximum atomic E-state index is 10.6. The molecular formula is C6H12BiN3O3S3. The number of carbonyl (C=O) groups is 3. The molecule has 0 rings (SSSR count). The summed E-state index contributed by atoms with van der Waals surface area (Å²) in [5, 5.41) is 0. The predicted molar refractivity (Wildman–Crippen MR) is 70.7 cm³/mol. The summed E-state index contributed by atoms with van der Waals surface area (Å²) in [6.07, 6.45) is 0. The summed E-state index contributed by atoms with van der Waals surface area (Å²) in [6, 6.07) is 0. The van der Waals surface area contributed by atoms with E-state index in [9.17, 15) is 14.4 Å². The van der Waals surface area contributed by atoms with Gasteiger partial charge in [0.15, 0.2) is 0 Å². The SMILES string of the molecule is NC(=O)C[S][Bi]([S]CC(N)=O)[S]CC(N)=O. The molecule has 6 nitrogen and oxygen atoms in total. The van der Waals surface area contributed by atoms with E-state index in [1.165, 1.54) is 25.6 Å². The van der Waals surface area contributed by atoms with Crippen LogP contribution in [0.1, 0.15) is 0 Å². The van der Waals surface area contributed by atoms with Crippen LogP contribution < -0.4 is 17.2 Å². The summed E-state index contributed by atoms with van der Waals surface area (Å²) in [6.45, 7) is 0. The van der Waals surface area contributed by atoms with Gasteiger partial charge in [0.1, 0.15) is 0 Å². The van der Waals surface area contributed by atoms with Crippen molar-refractivity contribution in [3.63, 3.8) is 0 Å². The topological polar surface area (TPSA) is 129 Å². The third-order valence-corrected chi connectivity index (χ3v) is 31.4. The zero-order chi connectivity index (χ0) is 12.6. The predicted octanol–water partition coefficient (Wildman–Crippen LogP) is -1.37. The Morgan fingerprint density at radius 3 is 1.19 bits per heavy atom. The minimum atomic E-state index is -2.21. The van der Waals surface area contributed by atoms with E-state index in [1.807, 2.05) is 0 Å².